The van der Waals surface area contributed by atoms with Crippen molar-refractivity contribution in [1.29, 1.82) is 0 Å². The van der Waals surface area contributed by atoms with Gasteiger partial charge in [-0.15, -0.1) is 0 Å². The van der Waals surface area contributed by atoms with Crippen LogP contribution in [0.25, 0.3) is 0 Å². The summed E-state index contributed by atoms with van der Waals surface area (Å²) in [5.41, 5.74) is 0.817. The minimum Gasteiger partial charge on any atom is -0.464 e. The van der Waals surface area contributed by atoms with Crippen molar-refractivity contribution in [2.75, 3.05) is 7.11 Å². The molecule has 0 fully saturated rings. The summed E-state index contributed by atoms with van der Waals surface area (Å²) >= 11 is 0. The van der Waals surface area contributed by atoms with Crippen LogP contribution in [0.3, 0.4) is 0 Å². The van der Waals surface area contributed by atoms with Crippen LogP contribution >= 0.6 is 0 Å². The fraction of sp³-hybridized carbons (Fsp3) is 0.375. The number of methoxy groups -OCH3 is 1. The van der Waals surface area contributed by atoms with E-state index in [-0.39, 0.29) is 17.9 Å². The number of nitrogens with one attached hydrogen (secondary N) is 1. The summed E-state index contributed by atoms with van der Waals surface area (Å²) in [6.07, 6.45) is 1.65. The molecule has 0 bridgehead atoms. The fourth-order valence-electron chi connectivity index (χ4n) is 0.992. The van der Waals surface area contributed by atoms with Crippen molar-refractivity contribution in [3.63, 3.8) is 0 Å². The number of carbonyl (C=O) groups is 2. The van der Waals surface area contributed by atoms with Gasteiger partial charge >= 0.3 is 5.97 Å². The van der Waals surface area contributed by atoms with Gasteiger partial charge in [0.1, 0.15) is 11.5 Å². The highest BCUT2D eigenvalue weighted by Gasteiger charge is 2.14. The number of hydrogen-bond acceptors (Lipinski definition) is 4. The first-order valence-electron chi connectivity index (χ1n) is 3.75. The summed E-state index contributed by atoms with van der Waals surface area (Å²) in [5, 5.41) is 6.15. The zero-order valence-electron chi connectivity index (χ0n) is 7.46. The van der Waals surface area contributed by atoms with E-state index in [0.29, 0.717) is 5.56 Å². The van der Waals surface area contributed by atoms with E-state index in [4.69, 9.17) is 0 Å². The topological polar surface area (TPSA) is 72.1 Å². The quantitative estimate of drug-likeness (QED) is 0.683. The second kappa shape index (κ2) is 3.84. The number of H-pyrrole nitrogens is 1. The van der Waals surface area contributed by atoms with Crippen molar-refractivity contribution >= 4 is 11.8 Å². The highest BCUT2D eigenvalue weighted by Crippen LogP contribution is 2.06. The highest BCUT2D eigenvalue weighted by molar-refractivity contribution is 5.90. The molecule has 0 radical (unpaired) electrons. The second-order valence-corrected chi connectivity index (χ2v) is 2.64. The maximum atomic E-state index is 11.1. The number of carbonyl (C=O) groups excluding carboxylic acids is 2. The first-order chi connectivity index (χ1) is 6.15. The zero-order valence-corrected chi connectivity index (χ0v) is 7.46. The van der Waals surface area contributed by atoms with Gasteiger partial charge in [-0.2, -0.15) is 5.10 Å². The van der Waals surface area contributed by atoms with Gasteiger partial charge in [-0.1, -0.05) is 0 Å². The van der Waals surface area contributed by atoms with Gasteiger partial charge in [-0.05, 0) is 6.92 Å². The molecule has 1 aromatic heterocycles. The summed E-state index contributed by atoms with van der Waals surface area (Å²) in [7, 11) is 1.28. The smallest absolute Gasteiger partial charge is 0.356 e. The Kier molecular flexibility index (Phi) is 2.79. The molecular weight excluding hydrogens is 172 g/mol. The van der Waals surface area contributed by atoms with Gasteiger partial charge in [0.25, 0.3) is 0 Å². The molecular formula is C8H10N2O3. The van der Waals surface area contributed by atoms with Crippen molar-refractivity contribution in [3.05, 3.63) is 17.5 Å². The van der Waals surface area contributed by atoms with Gasteiger partial charge in [0.15, 0.2) is 0 Å². The molecule has 5 heteroatoms. The van der Waals surface area contributed by atoms with Crippen molar-refractivity contribution in [1.82, 2.24) is 10.2 Å². The molecule has 5 nitrogen and oxygen atoms in total. The molecule has 0 atom stereocenters. The van der Waals surface area contributed by atoms with Gasteiger partial charge in [0, 0.05) is 12.0 Å². The molecule has 0 saturated heterocycles. The fourth-order valence-corrected chi connectivity index (χ4v) is 0.992. The molecule has 0 aliphatic rings. The van der Waals surface area contributed by atoms with Crippen LogP contribution < -0.4 is 0 Å². The average molecular weight is 182 g/mol. The van der Waals surface area contributed by atoms with Gasteiger partial charge in [0.2, 0.25) is 0 Å². The minimum absolute atomic E-state index is 0.0217. The van der Waals surface area contributed by atoms with E-state index >= 15 is 0 Å². The first-order valence-corrected chi connectivity index (χ1v) is 3.75. The van der Waals surface area contributed by atoms with Crippen molar-refractivity contribution in [2.45, 2.75) is 13.3 Å². The minimum atomic E-state index is -0.506. The predicted molar refractivity (Wildman–Crippen MR) is 44.3 cm³/mol. The lowest BCUT2D eigenvalue weighted by Crippen LogP contribution is -2.07. The van der Waals surface area contributed by atoms with Crippen molar-refractivity contribution < 1.29 is 14.3 Å². The first kappa shape index (κ1) is 9.44. The maximum absolute atomic E-state index is 11.1. The zero-order chi connectivity index (χ0) is 9.84. The molecule has 0 amide bonds. The summed E-state index contributed by atoms with van der Waals surface area (Å²) in [5.74, 6) is -0.527. The van der Waals surface area contributed by atoms with Crippen molar-refractivity contribution in [3.8, 4) is 0 Å². The molecule has 70 valence electrons. The van der Waals surface area contributed by atoms with E-state index in [9.17, 15) is 9.59 Å². The Hall–Kier alpha value is -1.65. The number of ether oxygens (including phenoxy) is 1. The Morgan fingerprint density at radius 2 is 2.31 bits per heavy atom. The van der Waals surface area contributed by atoms with Crippen LogP contribution in [0.2, 0.25) is 0 Å². The Bertz CT molecular complexity index is 330. The van der Waals surface area contributed by atoms with E-state index in [1.54, 1.807) is 0 Å². The molecule has 0 unspecified atom stereocenters. The van der Waals surface area contributed by atoms with Crippen LogP contribution in [0.1, 0.15) is 23.0 Å². The Labute approximate surface area is 75.1 Å². The lowest BCUT2D eigenvalue weighted by molar-refractivity contribution is -0.116. The molecule has 0 aliphatic heterocycles. The predicted octanol–water partition coefficient (Wildman–Crippen LogP) is 0.328. The van der Waals surface area contributed by atoms with E-state index in [1.807, 2.05) is 0 Å². The summed E-state index contributed by atoms with van der Waals surface area (Å²) in [6.45, 7) is 1.45. The lowest BCUT2D eigenvalue weighted by Gasteiger charge is -1.97. The molecule has 1 rings (SSSR count). The van der Waals surface area contributed by atoms with Gasteiger partial charge in [-0.3, -0.25) is 9.89 Å². The number of nitrogens with zero attached hydrogens (tertiary/aromatic N) is 1. The molecule has 1 aromatic rings. The lowest BCUT2D eigenvalue weighted by atomic mass is 10.1. The molecule has 0 saturated carbocycles. The number of esters is 1. The number of Topliss-reactive ketones (excluding diaryl/α,β-unsaturated/α-hetero) is 1. The van der Waals surface area contributed by atoms with Crippen LogP contribution in [0.4, 0.5) is 0 Å². The third kappa shape index (κ3) is 2.14. The van der Waals surface area contributed by atoms with Crippen LogP contribution in [0.15, 0.2) is 6.20 Å². The number of hydrogen-bond donors (Lipinski definition) is 1. The standard InChI is InChI=1S/C8H10N2O3/c1-5(11)3-6-4-9-10-7(6)8(12)13-2/h4H,3H2,1-2H3,(H,9,10). The Morgan fingerprint density at radius 3 is 2.85 bits per heavy atom. The van der Waals surface area contributed by atoms with Gasteiger partial charge in [-0.25, -0.2) is 4.79 Å². The summed E-state index contributed by atoms with van der Waals surface area (Å²) in [4.78, 5) is 21.9. The van der Waals surface area contributed by atoms with E-state index in [1.165, 1.54) is 20.2 Å². The summed E-state index contributed by atoms with van der Waals surface area (Å²) in [6, 6.07) is 0. The number of ketones is 1. The van der Waals surface area contributed by atoms with E-state index in [2.05, 4.69) is 14.9 Å². The Balaban J connectivity index is 2.89. The van der Waals surface area contributed by atoms with Crippen LogP contribution in [0, 0.1) is 0 Å². The van der Waals surface area contributed by atoms with Gasteiger partial charge < -0.3 is 4.74 Å². The number of aromatic nitrogens is 2. The third-order valence-electron chi connectivity index (χ3n) is 1.55. The van der Waals surface area contributed by atoms with E-state index < -0.39 is 5.97 Å². The monoisotopic (exact) mass is 182 g/mol. The summed E-state index contributed by atoms with van der Waals surface area (Å²) < 4.78 is 4.50. The average Bonchev–Trinajstić information content (AvgIpc) is 2.50. The third-order valence-corrected chi connectivity index (χ3v) is 1.55. The molecule has 0 spiro atoms. The van der Waals surface area contributed by atoms with Crippen molar-refractivity contribution in [2.24, 2.45) is 0 Å². The van der Waals surface area contributed by atoms with Crippen LogP contribution in [0.5, 0.6) is 0 Å². The maximum Gasteiger partial charge on any atom is 0.356 e. The number of rotatable bonds is 3. The second-order valence-electron chi connectivity index (χ2n) is 2.64. The Morgan fingerprint density at radius 1 is 1.62 bits per heavy atom. The SMILES string of the molecule is COC(=O)c1[nH]ncc1CC(C)=O. The van der Waals surface area contributed by atoms with Gasteiger partial charge in [0.05, 0.1) is 13.3 Å². The molecule has 13 heavy (non-hydrogen) atoms. The molecule has 1 N–H and O–H groups in total. The van der Waals surface area contributed by atoms with Crippen LogP contribution in [-0.4, -0.2) is 29.1 Å². The molecule has 0 aliphatic carbocycles. The number of aromatic amines is 1. The normalized spacial score (nSPS) is 9.69. The van der Waals surface area contributed by atoms with Crippen LogP contribution in [-0.2, 0) is 16.0 Å². The highest BCUT2D eigenvalue weighted by atomic mass is 16.5. The largest absolute Gasteiger partial charge is 0.464 e. The molecule has 1 heterocycles. The van der Waals surface area contributed by atoms with E-state index in [0.717, 1.165) is 0 Å². The molecule has 0 aromatic carbocycles.